The second-order valence-electron chi connectivity index (χ2n) is 17.2. The first-order chi connectivity index (χ1) is 27.4. The van der Waals surface area contributed by atoms with Gasteiger partial charge in [0.1, 0.15) is 44.0 Å². The largest absolute Gasteiger partial charge is 0.461 e. The van der Waals surface area contributed by atoms with Gasteiger partial charge < -0.3 is 15.4 Å². The Bertz CT molecular complexity index is 2330. The van der Waals surface area contributed by atoms with Crippen molar-refractivity contribution < 1.29 is 29.4 Å². The molecule has 7 nitrogen and oxygen atoms in total. The third kappa shape index (κ3) is 6.30. The topological polar surface area (TPSA) is 80.4 Å². The highest BCUT2D eigenvalue weighted by molar-refractivity contribution is 6.90. The molecule has 2 aromatic carbocycles. The zero-order valence-corrected chi connectivity index (χ0v) is 33.8. The Labute approximate surface area is 329 Å². The second kappa shape index (κ2) is 14.4. The van der Waals surface area contributed by atoms with Gasteiger partial charge in [0.2, 0.25) is 0 Å². The standard InChI is InChI=1S/C43H51F5N6OSi/c1-23(2)56(24(3)4,25(5)6)15-11-29-34-26(17-33(45)35(29)46)16-28(49)18-31(34)38-37(48)39-32(20-50-38)41(54-14-8-7-10-30-36(47)40(30)54)52-42(51-39)55-22-43-12-9-13-53(43)21-27(44)19-43/h16-18,20,23-25,27,30,36,40H,7-10,12-14,19,21-22,49H2,1-6H3/t27-,30-,36-,40-,43+/m1/s1/i22D2. The van der Waals surface area contributed by atoms with Crippen molar-refractivity contribution in [2.75, 3.05) is 36.8 Å². The first kappa shape index (κ1) is 36.3. The number of nitrogens with two attached hydrogens (primary N) is 1. The van der Waals surface area contributed by atoms with Gasteiger partial charge in [0, 0.05) is 48.3 Å². The van der Waals surface area contributed by atoms with E-state index in [0.29, 0.717) is 32.4 Å². The summed E-state index contributed by atoms with van der Waals surface area (Å²) in [5.41, 5.74) is 8.53. The maximum atomic E-state index is 17.5. The molecule has 13 heteroatoms. The highest BCUT2D eigenvalue weighted by Gasteiger charge is 2.56. The molecule has 1 saturated carbocycles. The van der Waals surface area contributed by atoms with E-state index in [4.69, 9.17) is 13.2 Å². The molecule has 2 N–H and O–H groups in total. The van der Waals surface area contributed by atoms with Gasteiger partial charge in [0.25, 0.3) is 0 Å². The Hall–Kier alpha value is -4.02. The summed E-state index contributed by atoms with van der Waals surface area (Å²) in [4.78, 5) is 17.2. The molecule has 0 spiro atoms. The quantitative estimate of drug-likeness (QED) is 0.0824. The summed E-state index contributed by atoms with van der Waals surface area (Å²) >= 11 is 0. The molecule has 4 aromatic rings. The number of alkyl halides is 2. The van der Waals surface area contributed by atoms with Crippen LogP contribution < -0.4 is 15.4 Å². The molecule has 8 rings (SSSR count). The number of nitrogen functional groups attached to an aromatic ring is 1. The van der Waals surface area contributed by atoms with Crippen molar-refractivity contribution >= 4 is 41.3 Å². The van der Waals surface area contributed by atoms with E-state index in [1.165, 1.54) is 18.3 Å². The molecule has 56 heavy (non-hydrogen) atoms. The van der Waals surface area contributed by atoms with Crippen molar-refractivity contribution in [2.45, 2.75) is 121 Å². The number of pyridine rings is 1. The number of hydrogen-bond donors (Lipinski definition) is 1. The van der Waals surface area contributed by atoms with Crippen LogP contribution in [0.4, 0.5) is 33.5 Å². The fourth-order valence-electron chi connectivity index (χ4n) is 10.4. The molecular weight excluding hydrogens is 740 g/mol. The van der Waals surface area contributed by atoms with Gasteiger partial charge >= 0.3 is 6.01 Å². The number of rotatable bonds is 8. The normalized spacial score (nSPS) is 26.0. The summed E-state index contributed by atoms with van der Waals surface area (Å²) in [6.45, 7) is 11.2. The first-order valence-electron chi connectivity index (χ1n) is 21.0. The van der Waals surface area contributed by atoms with Crippen LogP contribution in [0.25, 0.3) is 32.9 Å². The number of ether oxygens (including phenoxy) is 1. The van der Waals surface area contributed by atoms with Crippen LogP contribution in [0.2, 0.25) is 16.6 Å². The van der Waals surface area contributed by atoms with Gasteiger partial charge in [-0.1, -0.05) is 53.9 Å². The number of hydrogen-bond acceptors (Lipinski definition) is 7. The molecule has 3 aliphatic heterocycles. The highest BCUT2D eigenvalue weighted by Crippen LogP contribution is 2.49. The predicted molar refractivity (Wildman–Crippen MR) is 214 cm³/mol. The van der Waals surface area contributed by atoms with E-state index < -0.39 is 62.0 Å². The van der Waals surface area contributed by atoms with E-state index in [-0.39, 0.29) is 85.5 Å². The van der Waals surface area contributed by atoms with Gasteiger partial charge in [-0.15, -0.1) is 5.54 Å². The Balaban J connectivity index is 1.34. The molecule has 298 valence electrons. The maximum Gasteiger partial charge on any atom is 0.319 e. The van der Waals surface area contributed by atoms with E-state index >= 15 is 17.6 Å². The van der Waals surface area contributed by atoms with Gasteiger partial charge in [-0.3, -0.25) is 9.88 Å². The van der Waals surface area contributed by atoms with E-state index in [1.54, 1.807) is 9.80 Å². The van der Waals surface area contributed by atoms with Crippen molar-refractivity contribution in [3.63, 3.8) is 0 Å². The van der Waals surface area contributed by atoms with Crippen LogP contribution in [-0.4, -0.2) is 78.0 Å². The summed E-state index contributed by atoms with van der Waals surface area (Å²) in [7, 11) is -2.46. The number of aromatic nitrogens is 3. The van der Waals surface area contributed by atoms with Crippen LogP contribution in [-0.2, 0) is 0 Å². The van der Waals surface area contributed by atoms with E-state index in [0.717, 1.165) is 18.9 Å². The van der Waals surface area contributed by atoms with Gasteiger partial charge in [-0.25, -0.2) is 22.0 Å². The number of benzene rings is 2. The fourth-order valence-corrected chi connectivity index (χ4v) is 15.6. The molecule has 1 aliphatic carbocycles. The van der Waals surface area contributed by atoms with E-state index in [2.05, 4.69) is 68.0 Å². The van der Waals surface area contributed by atoms with E-state index in [1.807, 2.05) is 0 Å². The number of halogens is 5. The van der Waals surface area contributed by atoms with Crippen molar-refractivity contribution in [3.05, 3.63) is 47.4 Å². The zero-order valence-electron chi connectivity index (χ0n) is 34.8. The third-order valence-electron chi connectivity index (χ3n) is 13.1. The SMILES string of the molecule is [2H]C([2H])(Oc1nc(N2CCCC[C@@H]3[C@@H](F)[C@@H]32)c2cnc(-c3cc(N)cc4cc(F)c(F)c(C#C[Si](C(C)C)(C(C)C)C(C)C)c34)c(F)c2n1)[C@@]12CCCN1C[C@H](F)C2. The lowest BCUT2D eigenvalue weighted by Gasteiger charge is -2.38. The predicted octanol–water partition coefficient (Wildman–Crippen LogP) is 9.70. The second-order valence-corrected chi connectivity index (χ2v) is 22.8. The Morgan fingerprint density at radius 3 is 2.48 bits per heavy atom. The van der Waals surface area contributed by atoms with Gasteiger partial charge in [-0.05, 0) is 72.4 Å². The molecule has 5 heterocycles. The molecule has 2 aromatic heterocycles. The number of fused-ring (bicyclic) bond motifs is 4. The first-order valence-corrected chi connectivity index (χ1v) is 22.2. The van der Waals surface area contributed by atoms with Crippen LogP contribution >= 0.6 is 0 Å². The van der Waals surface area contributed by atoms with Crippen LogP contribution in [0.5, 0.6) is 6.01 Å². The van der Waals surface area contributed by atoms with Crippen molar-refractivity contribution in [2.24, 2.45) is 5.92 Å². The fraction of sp³-hybridized carbons (Fsp3) is 0.558. The Kier molecular flexibility index (Phi) is 9.35. The molecule has 4 aliphatic rings. The lowest BCUT2D eigenvalue weighted by atomic mass is 9.95. The van der Waals surface area contributed by atoms with Crippen LogP contribution in [0.15, 0.2) is 24.4 Å². The molecule has 0 amide bonds. The zero-order chi connectivity index (χ0) is 41.6. The molecular formula is C43H51F5N6OSi. The summed E-state index contributed by atoms with van der Waals surface area (Å²) < 4.78 is 103. The highest BCUT2D eigenvalue weighted by atomic mass is 28.3. The summed E-state index contributed by atoms with van der Waals surface area (Å²) in [6.07, 6.45) is 2.13. The number of anilines is 2. The molecule has 5 atom stereocenters. The summed E-state index contributed by atoms with van der Waals surface area (Å²) in [6, 6.07) is 2.92. The minimum atomic E-state index is -2.48. The van der Waals surface area contributed by atoms with Crippen molar-refractivity contribution in [1.82, 2.24) is 19.9 Å². The van der Waals surface area contributed by atoms with Crippen LogP contribution in [0.3, 0.4) is 0 Å². The van der Waals surface area contributed by atoms with Crippen molar-refractivity contribution in [1.29, 1.82) is 0 Å². The minimum Gasteiger partial charge on any atom is -0.461 e. The van der Waals surface area contributed by atoms with Crippen LogP contribution in [0.1, 0.15) is 88.4 Å². The minimum absolute atomic E-state index is 0.0581. The summed E-state index contributed by atoms with van der Waals surface area (Å²) in [5.74, 6) is -0.278. The molecule has 0 radical (unpaired) electrons. The van der Waals surface area contributed by atoms with E-state index in [9.17, 15) is 4.39 Å². The Morgan fingerprint density at radius 2 is 1.75 bits per heavy atom. The average molecular weight is 793 g/mol. The van der Waals surface area contributed by atoms with Gasteiger partial charge in [-0.2, -0.15) is 9.97 Å². The summed E-state index contributed by atoms with van der Waals surface area (Å²) in [5, 5.41) is 0.474. The molecule has 3 saturated heterocycles. The maximum absolute atomic E-state index is 17.5. The van der Waals surface area contributed by atoms with Crippen LogP contribution in [0, 0.1) is 34.8 Å². The lowest BCUT2D eigenvalue weighted by molar-refractivity contribution is 0.107. The Morgan fingerprint density at radius 1 is 1.00 bits per heavy atom. The van der Waals surface area contributed by atoms with Gasteiger partial charge in [0.15, 0.2) is 17.5 Å². The molecule has 4 fully saturated rings. The average Bonchev–Trinajstić information content (AvgIpc) is 3.50. The lowest BCUT2D eigenvalue weighted by Crippen LogP contribution is -2.43. The smallest absolute Gasteiger partial charge is 0.319 e. The van der Waals surface area contributed by atoms with Gasteiger partial charge in [0.05, 0.1) is 25.3 Å². The molecule has 0 bridgehead atoms. The molecule has 0 unspecified atom stereocenters. The third-order valence-corrected chi connectivity index (χ3v) is 19.4. The number of nitrogens with zero attached hydrogens (tertiary/aromatic N) is 5. The monoisotopic (exact) mass is 792 g/mol. The van der Waals surface area contributed by atoms with Crippen molar-refractivity contribution in [3.8, 4) is 28.7 Å².